The van der Waals surface area contributed by atoms with Crippen molar-refractivity contribution in [2.24, 2.45) is 0 Å². The summed E-state index contributed by atoms with van der Waals surface area (Å²) >= 11 is 0. The Morgan fingerprint density at radius 2 is 0.929 bits per heavy atom. The molecule has 0 unspecified atom stereocenters. The summed E-state index contributed by atoms with van der Waals surface area (Å²) in [4.78, 5) is 0. The van der Waals surface area contributed by atoms with Gasteiger partial charge in [0, 0.05) is 0 Å². The summed E-state index contributed by atoms with van der Waals surface area (Å²) in [5.74, 6) is 0.703. The Bertz CT molecular complexity index is 908. The van der Waals surface area contributed by atoms with Gasteiger partial charge in [0.05, 0.1) is 0 Å². The van der Waals surface area contributed by atoms with Crippen LogP contribution in [0.15, 0.2) is 91.0 Å². The molecule has 0 bridgehead atoms. The van der Waals surface area contributed by atoms with Crippen molar-refractivity contribution >= 4 is 17.9 Å². The topological polar surface area (TPSA) is 91.3 Å². The summed E-state index contributed by atoms with van der Waals surface area (Å²) in [5, 5.41) is 0. The van der Waals surface area contributed by atoms with E-state index < -0.39 is 17.9 Å². The molecule has 0 fully saturated rings. The Hall–Kier alpha value is -2.64. The van der Waals surface area contributed by atoms with Crippen LogP contribution < -0.4 is 13.6 Å². The van der Waals surface area contributed by atoms with Crippen molar-refractivity contribution < 1.29 is 30.5 Å². The summed E-state index contributed by atoms with van der Waals surface area (Å²) in [6, 6.07) is 24.9. The van der Waals surface area contributed by atoms with Gasteiger partial charge in [0.15, 0.2) is 0 Å². The molecule has 0 amide bonds. The Morgan fingerprint density at radius 3 is 1.18 bits per heavy atom. The number of benzene rings is 3. The van der Waals surface area contributed by atoms with E-state index in [0.29, 0.717) is 0 Å². The molecule has 7 nitrogen and oxygen atoms in total. The van der Waals surface area contributed by atoms with Crippen LogP contribution >= 0.6 is 7.51 Å². The van der Waals surface area contributed by atoms with Gasteiger partial charge in [-0.2, -0.15) is 0 Å². The maximum atomic E-state index is 11.7. The molecule has 9 heteroatoms. The molecule has 0 saturated heterocycles. The van der Waals surface area contributed by atoms with Crippen LogP contribution in [-0.2, 0) is 14.4 Å². The van der Waals surface area contributed by atoms with E-state index in [2.05, 4.69) is 0 Å². The van der Waals surface area contributed by atoms with Gasteiger partial charge in [-0.05, 0) is 0 Å². The molecule has 0 spiro atoms. The Balaban J connectivity index is 2.14. The third kappa shape index (κ3) is 5.43. The van der Waals surface area contributed by atoms with Gasteiger partial charge in [0.1, 0.15) is 0 Å². The quantitative estimate of drug-likeness (QED) is 0.408. The van der Waals surface area contributed by atoms with E-state index in [1.807, 2.05) is 0 Å². The van der Waals surface area contributed by atoms with Crippen LogP contribution in [-0.4, -0.2) is 19.6 Å². The second-order valence-corrected chi connectivity index (χ2v) is 10.2. The molecule has 0 aromatic heterocycles. The van der Waals surface area contributed by atoms with E-state index >= 15 is 0 Å². The first kappa shape index (κ1) is 20.1. The maximum absolute atomic E-state index is 11.7. The fourth-order valence-electron chi connectivity index (χ4n) is 2.46. The first-order valence-electron chi connectivity index (χ1n) is 8.20. The van der Waals surface area contributed by atoms with Crippen LogP contribution in [0.5, 0.6) is 17.2 Å². The third-order valence-electron chi connectivity index (χ3n) is 3.42. The minimum absolute atomic E-state index is 0.234. The molecular weight excluding hydrogens is 403 g/mol. The summed E-state index contributed by atoms with van der Waals surface area (Å²) in [6.07, 6.45) is 0. The zero-order valence-electron chi connectivity index (χ0n) is 14.9. The first-order valence-corrected chi connectivity index (χ1v) is 11.9. The van der Waals surface area contributed by atoms with Crippen LogP contribution in [0.1, 0.15) is 0 Å². The molecule has 148 valence electrons. The van der Waals surface area contributed by atoms with Crippen LogP contribution in [0, 0.1) is 0 Å². The van der Waals surface area contributed by atoms with E-state index in [9.17, 15) is 13.0 Å². The fourth-order valence-corrected chi connectivity index (χ4v) is 6.38. The number of hydrogen-bond acceptors (Lipinski definition) is 6. The Morgan fingerprint density at radius 1 is 0.643 bits per heavy atom. The van der Waals surface area contributed by atoms with Gasteiger partial charge >= 0.3 is 163 Å². The van der Waals surface area contributed by atoms with Crippen LogP contribution in [0.3, 0.4) is 0 Å². The van der Waals surface area contributed by atoms with Crippen LogP contribution in [0.25, 0.3) is 0 Å². The molecule has 0 heterocycles. The van der Waals surface area contributed by atoms with E-state index in [1.54, 1.807) is 91.0 Å². The van der Waals surface area contributed by atoms with Crippen molar-refractivity contribution in [3.05, 3.63) is 91.0 Å². The first-order chi connectivity index (χ1) is 13.2. The number of rotatable bonds is 8. The zero-order valence-corrected chi connectivity index (χ0v) is 16.6. The predicted octanol–water partition coefficient (Wildman–Crippen LogP) is 4.89. The number of hydrogen-bond donors (Lipinski definition) is 1. The van der Waals surface area contributed by atoms with Crippen molar-refractivity contribution in [1.29, 1.82) is 0 Å². The average Bonchev–Trinajstić information content (AvgIpc) is 2.62. The van der Waals surface area contributed by atoms with Gasteiger partial charge < -0.3 is 0 Å². The molecule has 0 aliphatic carbocycles. The van der Waals surface area contributed by atoms with Crippen molar-refractivity contribution in [3.8, 4) is 17.2 Å². The molecule has 3 aromatic carbocycles. The Kier molecular flexibility index (Phi) is 5.58. The fraction of sp³-hybridized carbons (Fsp3) is 0.0526. The predicted molar refractivity (Wildman–Crippen MR) is 107 cm³/mol. The SMILES string of the molecule is CP(Oc1ccccc1)(Oc1ccccc1)(Oc1ccccc1)OS(=O)(=O)O. The molecule has 0 radical (unpaired) electrons. The normalized spacial score (nSPS) is 13.1. The summed E-state index contributed by atoms with van der Waals surface area (Å²) in [6.45, 7) is 1.24. The van der Waals surface area contributed by atoms with Gasteiger partial charge in [0.25, 0.3) is 0 Å². The third-order valence-corrected chi connectivity index (χ3v) is 7.35. The molecule has 0 saturated carbocycles. The van der Waals surface area contributed by atoms with Crippen LogP contribution in [0.2, 0.25) is 0 Å². The van der Waals surface area contributed by atoms with Crippen molar-refractivity contribution in [3.63, 3.8) is 0 Å². The second kappa shape index (κ2) is 7.77. The zero-order chi connectivity index (χ0) is 20.1. The van der Waals surface area contributed by atoms with Crippen molar-refractivity contribution in [2.45, 2.75) is 0 Å². The summed E-state index contributed by atoms with van der Waals surface area (Å²) in [5.41, 5.74) is 0. The van der Waals surface area contributed by atoms with E-state index in [-0.39, 0.29) is 17.2 Å². The van der Waals surface area contributed by atoms with Crippen molar-refractivity contribution in [1.82, 2.24) is 0 Å². The van der Waals surface area contributed by atoms with Gasteiger partial charge in [0.2, 0.25) is 0 Å². The van der Waals surface area contributed by atoms with Crippen molar-refractivity contribution in [2.75, 3.05) is 6.66 Å². The number of para-hydroxylation sites is 3. The van der Waals surface area contributed by atoms with Gasteiger partial charge in [-0.1, -0.05) is 0 Å². The monoisotopic (exact) mass is 422 g/mol. The second-order valence-electron chi connectivity index (χ2n) is 5.89. The van der Waals surface area contributed by atoms with E-state index in [0.717, 1.165) is 0 Å². The molecular formula is C19H19O7PS. The van der Waals surface area contributed by atoms with Gasteiger partial charge in [-0.15, -0.1) is 0 Å². The van der Waals surface area contributed by atoms with E-state index in [1.165, 1.54) is 6.66 Å². The molecule has 3 aromatic rings. The molecule has 28 heavy (non-hydrogen) atoms. The van der Waals surface area contributed by atoms with Gasteiger partial charge in [-0.25, -0.2) is 0 Å². The van der Waals surface area contributed by atoms with Gasteiger partial charge in [-0.3, -0.25) is 0 Å². The molecule has 0 aliphatic rings. The molecule has 0 aliphatic heterocycles. The standard InChI is InChI=1S/C19H19O7PS/c1-27(26-28(20,21)22,23-17-11-5-2-6-12-17,24-18-13-7-3-8-14-18)25-19-15-9-4-10-16-19/h2-16H,1H3,(H,20,21,22). The van der Waals surface area contributed by atoms with Crippen LogP contribution in [0.4, 0.5) is 0 Å². The molecule has 1 N–H and O–H groups in total. The Labute approximate surface area is 163 Å². The molecule has 0 atom stereocenters. The molecule has 3 rings (SSSR count). The average molecular weight is 422 g/mol. The minimum atomic E-state index is -5.02. The van der Waals surface area contributed by atoms with E-state index in [4.69, 9.17) is 17.5 Å². The summed E-state index contributed by atoms with van der Waals surface area (Å²) in [7, 11) is -10.0. The summed E-state index contributed by atoms with van der Waals surface area (Å²) < 4.78 is 55.7.